The summed E-state index contributed by atoms with van der Waals surface area (Å²) in [6.07, 6.45) is 0. The van der Waals surface area contributed by atoms with Gasteiger partial charge in [-0.15, -0.1) is 0 Å². The molecule has 0 radical (unpaired) electrons. The van der Waals surface area contributed by atoms with Gasteiger partial charge in [-0.3, -0.25) is 0 Å². The van der Waals surface area contributed by atoms with Crippen LogP contribution in [0.3, 0.4) is 0 Å². The number of carbonyl (C=O) groups is 2. The van der Waals surface area contributed by atoms with Crippen LogP contribution in [0.4, 0.5) is 0 Å². The van der Waals surface area contributed by atoms with Gasteiger partial charge in [-0.25, -0.2) is 19.9 Å². The maximum atomic E-state index is 10.8. The molecule has 0 aliphatic carbocycles. The van der Waals surface area contributed by atoms with E-state index in [0.717, 1.165) is 22.1 Å². The fourth-order valence-electron chi connectivity index (χ4n) is 3.51. The first-order chi connectivity index (χ1) is 17.5. The Hall–Kier alpha value is -4.88. The summed E-state index contributed by atoms with van der Waals surface area (Å²) in [7, 11) is 0. The number of aromatic amines is 2. The molecule has 0 aliphatic heterocycles. The number of H-pyrrole nitrogens is 2. The third kappa shape index (κ3) is 7.15. The molecule has 4 aromatic heterocycles. The Labute approximate surface area is 238 Å². The number of benzene rings is 2. The number of aromatic carboxylic acids is 2. The molecule has 2 aromatic carbocycles. The molecule has 0 spiro atoms. The summed E-state index contributed by atoms with van der Waals surface area (Å²) in [5.41, 5.74) is 4.14. The van der Waals surface area contributed by atoms with Crippen LogP contribution in [0.25, 0.3) is 45.1 Å². The Morgan fingerprint density at radius 1 is 0.525 bits per heavy atom. The van der Waals surface area contributed by atoms with Crippen molar-refractivity contribution in [3.8, 4) is 23.0 Å². The standard InChI is InChI=1S/2C13H9N3O2.3H2O.Zn/c2*17-13(18)11-7-3-6-10(14-11)12-15-8-4-1-2-5-9(8)16-12;;;;/h2*1-7H,(H,15,16)(H,17,18);3*1H2;/q;;;;;+2/p-2. The van der Waals surface area contributed by atoms with Gasteiger partial charge < -0.3 is 46.2 Å². The summed E-state index contributed by atoms with van der Waals surface area (Å²) in [5, 5.41) is 21.5. The Morgan fingerprint density at radius 2 is 0.900 bits per heavy atom. The number of imidazole rings is 2. The zero-order chi connectivity index (χ0) is 25.1. The van der Waals surface area contributed by atoms with Crippen LogP contribution in [0.1, 0.15) is 21.0 Å². The average molecular weight is 596 g/mol. The van der Waals surface area contributed by atoms with Gasteiger partial charge in [0.2, 0.25) is 0 Å². The van der Waals surface area contributed by atoms with Gasteiger partial charge in [-0.2, -0.15) is 0 Å². The number of hydrogen-bond donors (Lipinski definition) is 2. The van der Waals surface area contributed by atoms with Crippen LogP contribution in [0.2, 0.25) is 0 Å². The zero-order valence-electron chi connectivity index (χ0n) is 20.7. The number of carboxylic acid groups (broad SMARTS) is 2. The van der Waals surface area contributed by atoms with E-state index in [-0.39, 0.29) is 47.3 Å². The molecular formula is C26H22N6O7Zn. The van der Waals surface area contributed by atoms with Crippen LogP contribution in [-0.4, -0.2) is 58.3 Å². The van der Waals surface area contributed by atoms with Crippen molar-refractivity contribution in [1.29, 1.82) is 0 Å². The minimum Gasteiger partial charge on any atom is -0.543 e. The van der Waals surface area contributed by atoms with E-state index in [1.165, 1.54) is 12.1 Å². The first-order valence-corrected chi connectivity index (χ1v) is 10.7. The summed E-state index contributed by atoms with van der Waals surface area (Å²) in [4.78, 5) is 44.4. The molecule has 0 amide bonds. The second-order valence-electron chi connectivity index (χ2n) is 7.60. The minimum atomic E-state index is -1.30. The first kappa shape index (κ1) is 33.2. The Bertz CT molecular complexity index is 1540. The molecule has 6 rings (SSSR count). The number of nitrogens with one attached hydrogen (secondary N) is 2. The van der Waals surface area contributed by atoms with Crippen molar-refractivity contribution in [3.63, 3.8) is 0 Å². The predicted molar refractivity (Wildman–Crippen MR) is 138 cm³/mol. The van der Waals surface area contributed by atoms with Crippen molar-refractivity contribution in [3.05, 3.63) is 96.3 Å². The SMILES string of the molecule is O.O.O.O=C([O-])c1cccc(-c2nc3ccccc3[nH]2)n1.O=C([O-])c1cccc(-c2nc3ccccc3[nH]2)n1.[Zn+2]. The van der Waals surface area contributed by atoms with E-state index in [1.54, 1.807) is 24.3 Å². The van der Waals surface area contributed by atoms with E-state index in [4.69, 9.17) is 0 Å². The van der Waals surface area contributed by atoms with Crippen molar-refractivity contribution >= 4 is 34.0 Å². The number of nitrogens with zero attached hydrogens (tertiary/aromatic N) is 4. The molecule has 0 saturated heterocycles. The van der Waals surface area contributed by atoms with E-state index >= 15 is 0 Å². The summed E-state index contributed by atoms with van der Waals surface area (Å²) in [5.74, 6) is -1.51. The second-order valence-corrected chi connectivity index (χ2v) is 7.60. The molecule has 14 heteroatoms. The molecule has 0 atom stereocenters. The maximum absolute atomic E-state index is 10.8. The number of pyridine rings is 2. The molecule has 0 saturated carbocycles. The first-order valence-electron chi connectivity index (χ1n) is 10.7. The van der Waals surface area contributed by atoms with Crippen molar-refractivity contribution in [2.75, 3.05) is 0 Å². The van der Waals surface area contributed by atoms with Gasteiger partial charge in [0, 0.05) is 0 Å². The topological polar surface area (TPSA) is 258 Å². The molecule has 40 heavy (non-hydrogen) atoms. The molecule has 200 valence electrons. The molecule has 0 fully saturated rings. The number of aromatic nitrogens is 6. The summed E-state index contributed by atoms with van der Waals surface area (Å²) in [6.45, 7) is 0. The van der Waals surface area contributed by atoms with Crippen molar-refractivity contribution in [1.82, 2.24) is 29.9 Å². The molecular weight excluding hydrogens is 574 g/mol. The monoisotopic (exact) mass is 594 g/mol. The Morgan fingerprint density at radius 3 is 1.25 bits per heavy atom. The van der Waals surface area contributed by atoms with Crippen LogP contribution in [0, 0.1) is 0 Å². The van der Waals surface area contributed by atoms with Gasteiger partial charge in [0.15, 0.2) is 11.6 Å². The number of fused-ring (bicyclic) bond motifs is 2. The zero-order valence-corrected chi connectivity index (χ0v) is 23.7. The van der Waals surface area contributed by atoms with E-state index < -0.39 is 11.9 Å². The van der Waals surface area contributed by atoms with Gasteiger partial charge in [0.05, 0.1) is 45.4 Å². The van der Waals surface area contributed by atoms with E-state index in [0.29, 0.717) is 23.0 Å². The van der Waals surface area contributed by atoms with Crippen molar-refractivity contribution in [2.45, 2.75) is 0 Å². The molecule has 8 N–H and O–H groups in total. The number of para-hydroxylation sites is 4. The fraction of sp³-hybridized carbons (Fsp3) is 0. The summed E-state index contributed by atoms with van der Waals surface area (Å²) >= 11 is 0. The Balaban J connectivity index is 0.000000364. The second kappa shape index (κ2) is 14.3. The molecule has 6 aromatic rings. The van der Waals surface area contributed by atoms with E-state index in [9.17, 15) is 19.8 Å². The molecule has 0 unspecified atom stereocenters. The largest absolute Gasteiger partial charge is 2.00 e. The number of carbonyl (C=O) groups excluding carboxylic acids is 2. The van der Waals surface area contributed by atoms with Crippen LogP contribution >= 0.6 is 0 Å². The van der Waals surface area contributed by atoms with Crippen molar-refractivity contribution < 1.29 is 55.7 Å². The van der Waals surface area contributed by atoms with Gasteiger partial charge >= 0.3 is 19.5 Å². The third-order valence-electron chi connectivity index (χ3n) is 5.18. The number of hydrogen-bond acceptors (Lipinski definition) is 8. The van der Waals surface area contributed by atoms with Gasteiger partial charge in [-0.05, 0) is 48.5 Å². The fourth-order valence-corrected chi connectivity index (χ4v) is 3.51. The summed E-state index contributed by atoms with van der Waals surface area (Å²) in [6, 6.07) is 24.5. The minimum absolute atomic E-state index is 0. The van der Waals surface area contributed by atoms with Crippen LogP contribution < -0.4 is 10.2 Å². The van der Waals surface area contributed by atoms with Crippen LogP contribution in [0.15, 0.2) is 84.9 Å². The molecule has 4 heterocycles. The van der Waals surface area contributed by atoms with Crippen LogP contribution in [-0.2, 0) is 19.5 Å². The molecule has 13 nitrogen and oxygen atoms in total. The number of rotatable bonds is 4. The van der Waals surface area contributed by atoms with Gasteiger partial charge in [0.1, 0.15) is 11.4 Å². The van der Waals surface area contributed by atoms with Gasteiger partial charge in [0.25, 0.3) is 0 Å². The summed E-state index contributed by atoms with van der Waals surface area (Å²) < 4.78 is 0. The molecule has 0 bridgehead atoms. The average Bonchev–Trinajstić information content (AvgIpc) is 3.54. The maximum Gasteiger partial charge on any atom is 2.00 e. The van der Waals surface area contributed by atoms with Crippen LogP contribution in [0.5, 0.6) is 0 Å². The Kier molecular flexibility index (Phi) is 11.9. The third-order valence-corrected chi connectivity index (χ3v) is 5.18. The van der Waals surface area contributed by atoms with Crippen molar-refractivity contribution in [2.24, 2.45) is 0 Å². The van der Waals surface area contributed by atoms with E-state index in [1.807, 2.05) is 48.5 Å². The smallest absolute Gasteiger partial charge is 0.543 e. The number of carboxylic acids is 2. The molecule has 0 aliphatic rings. The normalized spacial score (nSPS) is 9.60. The predicted octanol–water partition coefficient (Wildman–Crippen LogP) is -0.500. The van der Waals surface area contributed by atoms with Gasteiger partial charge in [-0.1, -0.05) is 36.4 Å². The van der Waals surface area contributed by atoms with E-state index in [2.05, 4.69) is 29.9 Å². The quantitative estimate of drug-likeness (QED) is 0.250.